The van der Waals surface area contributed by atoms with Gasteiger partial charge in [0.1, 0.15) is 30.2 Å². The molecule has 4 atom stereocenters. The number of halogens is 1. The zero-order valence-electron chi connectivity index (χ0n) is 15.6. The fourth-order valence-corrected chi connectivity index (χ4v) is 3.34. The minimum Gasteiger partial charge on any atom is -0.387 e. The van der Waals surface area contributed by atoms with Crippen molar-refractivity contribution in [2.24, 2.45) is 11.5 Å². The number of nitrogens with zero attached hydrogens (tertiary/aromatic N) is 5. The van der Waals surface area contributed by atoms with Gasteiger partial charge in [-0.15, -0.1) is 12.4 Å². The van der Waals surface area contributed by atoms with Gasteiger partial charge in [-0.2, -0.15) is 0 Å². The predicted octanol–water partition coefficient (Wildman–Crippen LogP) is -1.55. The largest absolute Gasteiger partial charge is 0.387 e. The first-order valence-electron chi connectivity index (χ1n) is 9.14. The number of aromatic nitrogens is 4. The molecular formula is C16H29ClN8O3. The topological polar surface area (TPSA) is 175 Å². The Labute approximate surface area is 169 Å². The standard InChI is InChI=1S/C16H28N8O3.ClH/c17-3-1-5-23(6-2-4-18)7-10-12(25)13(26)16(27-10)24-9-22-11-14(19)20-8-21-15(11)24;/h8-10,12-13,16,25-26H,1-7,17-18H2,(H2,19,20,21);1H/t10-,12-,13-,16-;/m1./s1. The zero-order chi connectivity index (χ0) is 19.4. The Balaban J connectivity index is 0.00000280. The second-order valence-corrected chi connectivity index (χ2v) is 6.71. The Morgan fingerprint density at radius 1 is 1.07 bits per heavy atom. The van der Waals surface area contributed by atoms with Gasteiger partial charge in [0, 0.05) is 6.54 Å². The number of nitrogen functional groups attached to an aromatic ring is 1. The first-order valence-corrected chi connectivity index (χ1v) is 9.14. The van der Waals surface area contributed by atoms with E-state index in [9.17, 15) is 10.2 Å². The molecule has 0 aromatic carbocycles. The van der Waals surface area contributed by atoms with Crippen molar-refractivity contribution in [3.8, 4) is 0 Å². The molecule has 0 bridgehead atoms. The predicted molar refractivity (Wildman–Crippen MR) is 107 cm³/mol. The maximum absolute atomic E-state index is 10.5. The Hall–Kier alpha value is -1.60. The molecule has 3 rings (SSSR count). The summed E-state index contributed by atoms with van der Waals surface area (Å²) in [7, 11) is 0. The maximum atomic E-state index is 10.5. The number of nitrogens with two attached hydrogens (primary N) is 3. The third-order valence-corrected chi connectivity index (χ3v) is 4.79. The van der Waals surface area contributed by atoms with Crippen molar-refractivity contribution in [1.29, 1.82) is 0 Å². The molecule has 8 N–H and O–H groups in total. The van der Waals surface area contributed by atoms with E-state index in [1.807, 2.05) is 0 Å². The molecule has 3 heterocycles. The SMILES string of the molecule is Cl.NCCCN(CCCN)C[C@H]1O[C@@H](n2cnc3c(N)ncnc32)[C@H](O)[C@@H]1O. The summed E-state index contributed by atoms with van der Waals surface area (Å²) >= 11 is 0. The van der Waals surface area contributed by atoms with Crippen LogP contribution in [0.25, 0.3) is 11.2 Å². The smallest absolute Gasteiger partial charge is 0.167 e. The second kappa shape index (κ2) is 10.3. The second-order valence-electron chi connectivity index (χ2n) is 6.71. The summed E-state index contributed by atoms with van der Waals surface area (Å²) in [4.78, 5) is 14.4. The van der Waals surface area contributed by atoms with Crippen molar-refractivity contribution < 1.29 is 14.9 Å². The third kappa shape index (κ3) is 4.69. The van der Waals surface area contributed by atoms with Crippen LogP contribution in [0.3, 0.4) is 0 Å². The first kappa shape index (κ1) is 22.7. The van der Waals surface area contributed by atoms with Crippen LogP contribution in [0.2, 0.25) is 0 Å². The lowest BCUT2D eigenvalue weighted by Gasteiger charge is -2.26. The summed E-state index contributed by atoms with van der Waals surface area (Å²) in [6, 6.07) is 0. The number of aliphatic hydroxyl groups is 2. The van der Waals surface area contributed by atoms with E-state index in [2.05, 4.69) is 19.9 Å². The van der Waals surface area contributed by atoms with Crippen LogP contribution in [-0.4, -0.2) is 85.7 Å². The molecule has 1 aliphatic rings. The van der Waals surface area contributed by atoms with Gasteiger partial charge in [0.05, 0.1) is 6.33 Å². The molecule has 2 aromatic heterocycles. The molecule has 0 aliphatic carbocycles. The van der Waals surface area contributed by atoms with Crippen LogP contribution in [0, 0.1) is 0 Å². The average molecular weight is 417 g/mol. The number of hydrogen-bond donors (Lipinski definition) is 5. The van der Waals surface area contributed by atoms with Gasteiger partial charge < -0.3 is 37.1 Å². The molecule has 0 spiro atoms. The summed E-state index contributed by atoms with van der Waals surface area (Å²) in [5.41, 5.74) is 17.9. The number of aliphatic hydroxyl groups excluding tert-OH is 2. The summed E-state index contributed by atoms with van der Waals surface area (Å²) in [5, 5.41) is 21.0. The molecule has 0 amide bonds. The third-order valence-electron chi connectivity index (χ3n) is 4.79. The number of imidazole rings is 1. The minimum atomic E-state index is -1.12. The molecule has 11 nitrogen and oxygen atoms in total. The van der Waals surface area contributed by atoms with Crippen LogP contribution in [0.1, 0.15) is 19.1 Å². The fourth-order valence-electron chi connectivity index (χ4n) is 3.34. The number of anilines is 1. The van der Waals surface area contributed by atoms with Crippen molar-refractivity contribution in [1.82, 2.24) is 24.4 Å². The van der Waals surface area contributed by atoms with Crippen molar-refractivity contribution in [2.45, 2.75) is 37.4 Å². The van der Waals surface area contributed by atoms with Gasteiger partial charge in [-0.25, -0.2) is 15.0 Å². The monoisotopic (exact) mass is 416 g/mol. The van der Waals surface area contributed by atoms with Crippen molar-refractivity contribution in [3.63, 3.8) is 0 Å². The van der Waals surface area contributed by atoms with Crippen molar-refractivity contribution in [3.05, 3.63) is 12.7 Å². The maximum Gasteiger partial charge on any atom is 0.167 e. The Bertz CT molecular complexity index is 740. The van der Waals surface area contributed by atoms with Crippen LogP contribution in [0.5, 0.6) is 0 Å². The van der Waals surface area contributed by atoms with Crippen molar-refractivity contribution in [2.75, 3.05) is 38.5 Å². The number of ether oxygens (including phenoxy) is 1. The normalized spacial score (nSPS) is 24.8. The number of hydrogen-bond acceptors (Lipinski definition) is 10. The van der Waals surface area contributed by atoms with E-state index in [1.54, 1.807) is 4.57 Å². The van der Waals surface area contributed by atoms with E-state index in [0.29, 0.717) is 30.8 Å². The highest BCUT2D eigenvalue weighted by atomic mass is 35.5. The van der Waals surface area contributed by atoms with Crippen LogP contribution in [-0.2, 0) is 4.74 Å². The summed E-state index contributed by atoms with van der Waals surface area (Å²) in [5.74, 6) is 0.248. The molecule has 158 valence electrons. The van der Waals surface area contributed by atoms with Crippen LogP contribution in [0.15, 0.2) is 12.7 Å². The van der Waals surface area contributed by atoms with Crippen LogP contribution in [0.4, 0.5) is 5.82 Å². The molecular weight excluding hydrogens is 388 g/mol. The van der Waals surface area contributed by atoms with Crippen LogP contribution >= 0.6 is 12.4 Å². The Morgan fingerprint density at radius 2 is 1.75 bits per heavy atom. The number of fused-ring (bicyclic) bond motifs is 1. The summed E-state index contributed by atoms with van der Waals surface area (Å²) < 4.78 is 7.56. The van der Waals surface area contributed by atoms with Gasteiger partial charge in [-0.05, 0) is 39.0 Å². The van der Waals surface area contributed by atoms with Gasteiger partial charge in [0.25, 0.3) is 0 Å². The van der Waals surface area contributed by atoms with Gasteiger partial charge in [-0.1, -0.05) is 0 Å². The van der Waals surface area contributed by atoms with Gasteiger partial charge in [0.2, 0.25) is 0 Å². The highest BCUT2D eigenvalue weighted by Gasteiger charge is 2.44. The molecule has 2 aromatic rings. The van der Waals surface area contributed by atoms with E-state index in [-0.39, 0.29) is 18.2 Å². The minimum absolute atomic E-state index is 0. The molecule has 1 saturated heterocycles. The van der Waals surface area contributed by atoms with Crippen LogP contribution < -0.4 is 17.2 Å². The molecule has 1 aliphatic heterocycles. The molecule has 0 unspecified atom stereocenters. The number of rotatable bonds is 9. The van der Waals surface area contributed by atoms with Gasteiger partial charge in [0.15, 0.2) is 17.7 Å². The van der Waals surface area contributed by atoms with Gasteiger partial charge >= 0.3 is 0 Å². The quantitative estimate of drug-likeness (QED) is 0.321. The lowest BCUT2D eigenvalue weighted by atomic mass is 10.1. The summed E-state index contributed by atoms with van der Waals surface area (Å²) in [6.07, 6.45) is 0.960. The molecule has 1 fully saturated rings. The van der Waals surface area contributed by atoms with E-state index < -0.39 is 24.5 Å². The average Bonchev–Trinajstić information content (AvgIpc) is 3.21. The lowest BCUT2D eigenvalue weighted by molar-refractivity contribution is -0.0442. The fraction of sp³-hybridized carbons (Fsp3) is 0.688. The zero-order valence-corrected chi connectivity index (χ0v) is 16.4. The van der Waals surface area contributed by atoms with E-state index in [4.69, 9.17) is 21.9 Å². The molecule has 12 heteroatoms. The highest BCUT2D eigenvalue weighted by molar-refractivity contribution is 5.85. The first-order chi connectivity index (χ1) is 13.1. The summed E-state index contributed by atoms with van der Waals surface area (Å²) in [6.45, 7) is 3.20. The van der Waals surface area contributed by atoms with E-state index >= 15 is 0 Å². The Morgan fingerprint density at radius 3 is 2.39 bits per heavy atom. The lowest BCUT2D eigenvalue weighted by Crippen LogP contribution is -2.41. The highest BCUT2D eigenvalue weighted by Crippen LogP contribution is 2.32. The molecule has 0 radical (unpaired) electrons. The molecule has 28 heavy (non-hydrogen) atoms. The Kier molecular flexibility index (Phi) is 8.31. The van der Waals surface area contributed by atoms with E-state index in [0.717, 1.165) is 25.9 Å². The van der Waals surface area contributed by atoms with Gasteiger partial charge in [-0.3, -0.25) is 4.57 Å². The van der Waals surface area contributed by atoms with Crippen molar-refractivity contribution >= 4 is 29.4 Å². The molecule has 0 saturated carbocycles. The van der Waals surface area contributed by atoms with E-state index in [1.165, 1.54) is 12.7 Å².